The van der Waals surface area contributed by atoms with Gasteiger partial charge >= 0.3 is 0 Å². The van der Waals surface area contributed by atoms with Gasteiger partial charge in [0, 0.05) is 0 Å². The molecule has 0 fully saturated rings. The predicted molar refractivity (Wildman–Crippen MR) is 193 cm³/mol. The van der Waals surface area contributed by atoms with E-state index in [1.807, 2.05) is 34.6 Å². The van der Waals surface area contributed by atoms with Crippen LogP contribution in [0.25, 0.3) is 16.8 Å². The third kappa shape index (κ3) is 8.60. The molecule has 1 heteroatoms. The Kier molecular flexibility index (Phi) is 15.8. The van der Waals surface area contributed by atoms with Crippen LogP contribution in [-0.4, -0.2) is 6.71 Å². The Labute approximate surface area is 255 Å². The molecule has 1 aliphatic heterocycles. The van der Waals surface area contributed by atoms with Gasteiger partial charge in [-0.15, -0.1) is 6.58 Å². The first-order chi connectivity index (χ1) is 19.7. The molecule has 3 aromatic carbocycles. The molecule has 1 unspecified atom stereocenters. The fourth-order valence-electron chi connectivity index (χ4n) is 5.98. The monoisotopic (exact) mass is 550 g/mol. The van der Waals surface area contributed by atoms with Crippen LogP contribution >= 0.6 is 0 Å². The Morgan fingerprint density at radius 3 is 1.95 bits per heavy atom. The van der Waals surface area contributed by atoms with Crippen molar-refractivity contribution in [1.29, 1.82) is 0 Å². The van der Waals surface area contributed by atoms with Crippen molar-refractivity contribution in [2.75, 3.05) is 0 Å². The van der Waals surface area contributed by atoms with E-state index in [-0.39, 0.29) is 0 Å². The highest BCUT2D eigenvalue weighted by atomic mass is 14.2. The molecule has 0 nitrogen and oxygen atoms in total. The van der Waals surface area contributed by atoms with E-state index in [1.54, 1.807) is 17.0 Å². The molecule has 0 aliphatic carbocycles. The van der Waals surface area contributed by atoms with Crippen LogP contribution in [0.5, 0.6) is 0 Å². The van der Waals surface area contributed by atoms with Crippen molar-refractivity contribution in [1.82, 2.24) is 0 Å². The summed E-state index contributed by atoms with van der Waals surface area (Å²) in [6, 6.07) is 16.5. The van der Waals surface area contributed by atoms with E-state index in [0.717, 1.165) is 12.8 Å². The summed E-state index contributed by atoms with van der Waals surface area (Å²) in [7, 11) is 0. The zero-order valence-corrected chi connectivity index (χ0v) is 28.8. The number of hydrogen-bond donors (Lipinski definition) is 0. The first-order valence-electron chi connectivity index (χ1n) is 16.3. The third-order valence-corrected chi connectivity index (χ3v) is 7.69. The Morgan fingerprint density at radius 1 is 0.854 bits per heavy atom. The van der Waals surface area contributed by atoms with Gasteiger partial charge in [0.15, 0.2) is 0 Å². The second kappa shape index (κ2) is 17.9. The Morgan fingerprint density at radius 2 is 1.44 bits per heavy atom. The van der Waals surface area contributed by atoms with Crippen LogP contribution in [0.15, 0.2) is 72.7 Å². The number of benzene rings is 3. The molecule has 0 bridgehead atoms. The summed E-state index contributed by atoms with van der Waals surface area (Å²) in [4.78, 5) is 0. The summed E-state index contributed by atoms with van der Waals surface area (Å²) >= 11 is 0. The van der Waals surface area contributed by atoms with Crippen molar-refractivity contribution in [3.05, 3.63) is 101 Å². The van der Waals surface area contributed by atoms with Crippen LogP contribution < -0.4 is 10.9 Å². The molecule has 41 heavy (non-hydrogen) atoms. The highest BCUT2D eigenvalue weighted by Gasteiger charge is 2.36. The lowest BCUT2D eigenvalue weighted by Crippen LogP contribution is -2.47. The van der Waals surface area contributed by atoms with Crippen molar-refractivity contribution in [3.8, 4) is 0 Å². The highest BCUT2D eigenvalue weighted by Crippen LogP contribution is 2.33. The number of rotatable bonds is 7. The maximum Gasteiger partial charge on any atom is 0.238 e. The quantitative estimate of drug-likeness (QED) is 0.203. The largest absolute Gasteiger partial charge is 0.238 e. The molecule has 222 valence electrons. The number of fused-ring (bicyclic) bond motifs is 3. The second-order valence-corrected chi connectivity index (χ2v) is 11.4. The van der Waals surface area contributed by atoms with Gasteiger partial charge in [-0.1, -0.05) is 158 Å². The molecule has 4 rings (SSSR count). The fourth-order valence-corrected chi connectivity index (χ4v) is 5.98. The molecule has 0 amide bonds. The Balaban J connectivity index is 0.00000110. The van der Waals surface area contributed by atoms with E-state index in [1.165, 1.54) is 44.1 Å². The van der Waals surface area contributed by atoms with E-state index in [9.17, 15) is 0 Å². The highest BCUT2D eigenvalue weighted by molar-refractivity contribution is 6.94. The van der Waals surface area contributed by atoms with Crippen molar-refractivity contribution >= 4 is 34.5 Å². The van der Waals surface area contributed by atoms with E-state index in [2.05, 4.69) is 123 Å². The summed E-state index contributed by atoms with van der Waals surface area (Å²) in [5.74, 6) is 1.57. The lowest BCUT2D eigenvalue weighted by molar-refractivity contribution is 0.736. The minimum Gasteiger partial charge on any atom is -0.103 e. The van der Waals surface area contributed by atoms with Gasteiger partial charge in [-0.2, -0.15) is 0 Å². The first-order valence-corrected chi connectivity index (χ1v) is 16.3. The van der Waals surface area contributed by atoms with Gasteiger partial charge in [-0.05, 0) is 84.4 Å². The molecule has 1 heterocycles. The van der Waals surface area contributed by atoms with E-state index in [0.29, 0.717) is 24.5 Å². The molecule has 0 saturated heterocycles. The van der Waals surface area contributed by atoms with Gasteiger partial charge in [0.1, 0.15) is 0 Å². The van der Waals surface area contributed by atoms with Crippen molar-refractivity contribution in [3.63, 3.8) is 0 Å². The molecule has 1 aliphatic rings. The van der Waals surface area contributed by atoms with Gasteiger partial charge in [0.25, 0.3) is 0 Å². The van der Waals surface area contributed by atoms with Gasteiger partial charge in [-0.25, -0.2) is 0 Å². The maximum absolute atomic E-state index is 3.36. The van der Waals surface area contributed by atoms with Gasteiger partial charge in [0.05, 0.1) is 0 Å². The Hall–Kier alpha value is -2.80. The smallest absolute Gasteiger partial charge is 0.103 e. The predicted octanol–water partition coefficient (Wildman–Crippen LogP) is 11.3. The summed E-state index contributed by atoms with van der Waals surface area (Å²) in [5.41, 5.74) is 12.0. The summed E-state index contributed by atoms with van der Waals surface area (Å²) in [6.45, 7) is 32.1. The lowest BCUT2D eigenvalue weighted by Gasteiger charge is -2.26. The number of aryl methyl sites for hydroxylation is 2. The van der Waals surface area contributed by atoms with Gasteiger partial charge in [0.2, 0.25) is 6.71 Å². The van der Waals surface area contributed by atoms with Crippen LogP contribution in [0, 0.1) is 12.8 Å². The molecule has 1 atom stereocenters. The standard InChI is InChI=1S/C33H41B.C3H6.2C2H6/c1-9-13-23(7)16-27-20-31-29-15-12-11-14-28(29)24(8)17-32(31)34(27)33-25(10-2)18-26(21(3)4)19-30(33)22(5)6;1-3-2;2*1-2/h9,11-15,17-23H,10,16H2,1-8H3;3H,1H2,2H3;2*1-2H3/b13-9+;;;. The summed E-state index contributed by atoms with van der Waals surface area (Å²) in [6.07, 6.45) is 11.0. The van der Waals surface area contributed by atoms with Gasteiger partial charge < -0.3 is 0 Å². The average molecular weight is 551 g/mol. The van der Waals surface area contributed by atoms with Crippen LogP contribution in [0.4, 0.5) is 0 Å². The number of allylic oxidation sites excluding steroid dienone is 4. The molecule has 0 N–H and O–H groups in total. The molecule has 0 saturated carbocycles. The van der Waals surface area contributed by atoms with Crippen molar-refractivity contribution in [2.24, 2.45) is 5.92 Å². The fraction of sp³-hybridized carbons (Fsp3) is 0.450. The topological polar surface area (TPSA) is 0 Å². The molecular formula is C40H59B. The first kappa shape index (κ1) is 36.2. The minimum atomic E-state index is 0.347. The zero-order chi connectivity index (χ0) is 31.3. The third-order valence-electron chi connectivity index (χ3n) is 7.69. The molecule has 0 spiro atoms. The molecular weight excluding hydrogens is 491 g/mol. The van der Waals surface area contributed by atoms with E-state index in [4.69, 9.17) is 0 Å². The van der Waals surface area contributed by atoms with Gasteiger partial charge in [-0.3, -0.25) is 0 Å². The lowest BCUT2D eigenvalue weighted by atomic mass is 9.35. The molecule has 0 radical (unpaired) electrons. The SMILES string of the molecule is C/C=C/C(C)CC1=Cc2c(cc(C)c3ccccc23)B1c1c(CC)cc(C(C)C)cc1C(C)C.C=CC.CC.CC. The Bertz CT molecular complexity index is 1300. The van der Waals surface area contributed by atoms with Crippen LogP contribution in [0.1, 0.15) is 129 Å². The average Bonchev–Trinajstić information content (AvgIpc) is 3.32. The molecule has 3 aromatic rings. The van der Waals surface area contributed by atoms with Crippen LogP contribution in [0.3, 0.4) is 0 Å². The van der Waals surface area contributed by atoms with E-state index < -0.39 is 0 Å². The van der Waals surface area contributed by atoms with Crippen molar-refractivity contribution in [2.45, 2.75) is 115 Å². The summed E-state index contributed by atoms with van der Waals surface area (Å²) in [5, 5.41) is 2.79. The molecule has 0 aromatic heterocycles. The summed E-state index contributed by atoms with van der Waals surface area (Å²) < 4.78 is 0. The van der Waals surface area contributed by atoms with Crippen LogP contribution in [-0.2, 0) is 6.42 Å². The second-order valence-electron chi connectivity index (χ2n) is 11.4. The van der Waals surface area contributed by atoms with Crippen molar-refractivity contribution < 1.29 is 0 Å². The van der Waals surface area contributed by atoms with E-state index >= 15 is 0 Å². The van der Waals surface area contributed by atoms with Crippen LogP contribution in [0.2, 0.25) is 0 Å². The normalized spacial score (nSPS) is 12.7. The number of hydrogen-bond acceptors (Lipinski definition) is 0. The maximum atomic E-state index is 3.36. The minimum absolute atomic E-state index is 0.347. The zero-order valence-electron chi connectivity index (χ0n) is 28.8.